The van der Waals surface area contributed by atoms with Crippen LogP contribution in [0.5, 0.6) is 0 Å². The van der Waals surface area contributed by atoms with E-state index in [4.69, 9.17) is 19.4 Å². The van der Waals surface area contributed by atoms with Gasteiger partial charge in [-0.15, -0.1) is 0 Å². The van der Waals surface area contributed by atoms with Crippen LogP contribution in [0.4, 0.5) is 0 Å². The summed E-state index contributed by atoms with van der Waals surface area (Å²) in [5.41, 5.74) is 13.7. The fourth-order valence-corrected chi connectivity index (χ4v) is 9.20. The lowest BCUT2D eigenvalue weighted by Gasteiger charge is -2.21. The van der Waals surface area contributed by atoms with Crippen molar-refractivity contribution in [1.29, 1.82) is 0 Å². The number of benzene rings is 8. The largest absolute Gasteiger partial charge is 0.456 e. The van der Waals surface area contributed by atoms with Crippen molar-refractivity contribution >= 4 is 44.9 Å². The molecule has 5 heteroatoms. The molecule has 1 atom stereocenters. The second-order valence-electron chi connectivity index (χ2n) is 15.9. The molecule has 0 fully saturated rings. The van der Waals surface area contributed by atoms with Crippen LogP contribution in [0.1, 0.15) is 18.2 Å². The number of hydrogen-bond donors (Lipinski definition) is 0. The Morgan fingerprint density at radius 3 is 1.66 bits per heavy atom. The molecule has 1 unspecified atom stereocenters. The Morgan fingerprint density at radius 1 is 0.435 bits per heavy atom. The smallest absolute Gasteiger partial charge is 0.163 e. The first-order valence-corrected chi connectivity index (χ1v) is 21.1. The standard InChI is InChI=1S/C57H38N4O/c1-5-17-37(18-6-1)41-29-31-51-48(33-41)44-25-13-15-27-50(44)61(51)54-46(38-19-7-2-8-20-38)35-43(36-47(54)39-21-9-3-10-22-39)57-59-55(40-23-11-4-12-24-40)58-56(60-57)42-30-32-53-49(34-42)45-26-14-16-28-52(45)62-53/h1-29,31-36,42H,30H2. The molecule has 11 aromatic rings. The summed E-state index contributed by atoms with van der Waals surface area (Å²) in [5, 5.41) is 4.58. The highest BCUT2D eigenvalue weighted by Crippen LogP contribution is 2.44. The average Bonchev–Trinajstić information content (AvgIpc) is 3.89. The maximum atomic E-state index is 6.25. The van der Waals surface area contributed by atoms with Crippen molar-refractivity contribution in [2.45, 2.75) is 12.3 Å². The molecule has 0 spiro atoms. The van der Waals surface area contributed by atoms with E-state index in [-0.39, 0.29) is 5.92 Å². The summed E-state index contributed by atoms with van der Waals surface area (Å²) in [7, 11) is 0. The summed E-state index contributed by atoms with van der Waals surface area (Å²) in [4.78, 5) is 15.9. The molecule has 1 aliphatic carbocycles. The zero-order valence-electron chi connectivity index (χ0n) is 33.7. The van der Waals surface area contributed by atoms with Gasteiger partial charge in [-0.3, -0.25) is 0 Å². The monoisotopic (exact) mass is 794 g/mol. The lowest BCUT2D eigenvalue weighted by molar-refractivity contribution is 0.569. The number of para-hydroxylation sites is 2. The summed E-state index contributed by atoms with van der Waals surface area (Å²) < 4.78 is 8.71. The molecule has 0 amide bonds. The van der Waals surface area contributed by atoms with Gasteiger partial charge in [0.2, 0.25) is 0 Å². The summed E-state index contributed by atoms with van der Waals surface area (Å²) in [6, 6.07) is 70.7. The van der Waals surface area contributed by atoms with Crippen LogP contribution in [-0.4, -0.2) is 19.5 Å². The maximum Gasteiger partial charge on any atom is 0.163 e. The second-order valence-corrected chi connectivity index (χ2v) is 15.9. The van der Waals surface area contributed by atoms with Crippen LogP contribution in [0.2, 0.25) is 0 Å². The molecule has 0 N–H and O–H groups in total. The Bertz CT molecular complexity index is 3530. The summed E-state index contributed by atoms with van der Waals surface area (Å²) in [6.45, 7) is 0. The van der Waals surface area contributed by atoms with E-state index in [1.807, 2.05) is 30.3 Å². The third-order valence-electron chi connectivity index (χ3n) is 12.1. The van der Waals surface area contributed by atoms with Gasteiger partial charge in [0.05, 0.1) is 16.7 Å². The fraction of sp³-hybridized carbons (Fsp3) is 0.0351. The molecule has 0 aliphatic heterocycles. The highest BCUT2D eigenvalue weighted by molar-refractivity contribution is 6.12. The summed E-state index contributed by atoms with van der Waals surface area (Å²) in [5.74, 6) is 1.92. The Morgan fingerprint density at radius 2 is 0.984 bits per heavy atom. The van der Waals surface area contributed by atoms with Crippen LogP contribution in [0.15, 0.2) is 205 Å². The SMILES string of the molecule is C1=c2oc3ccccc3c2=CC(c2nc(-c3ccccc3)nc(-c3cc(-c4ccccc4)c(-n4c5ccccc5c5cc(-c6ccccc6)ccc54)c(-c4ccccc4)c3)n2)C1. The molecule has 12 rings (SSSR count). The molecule has 292 valence electrons. The fourth-order valence-electron chi connectivity index (χ4n) is 9.20. The number of nitrogens with zero attached hydrogens (tertiary/aromatic N) is 4. The van der Waals surface area contributed by atoms with Gasteiger partial charge in [0.1, 0.15) is 16.8 Å². The van der Waals surface area contributed by atoms with Crippen molar-refractivity contribution in [2.24, 2.45) is 0 Å². The van der Waals surface area contributed by atoms with Crippen LogP contribution in [0.25, 0.3) is 107 Å². The first kappa shape index (κ1) is 35.8. The third kappa shape index (κ3) is 6.13. The third-order valence-corrected chi connectivity index (χ3v) is 12.1. The van der Waals surface area contributed by atoms with Crippen LogP contribution >= 0.6 is 0 Å². The molecule has 5 nitrogen and oxygen atoms in total. The van der Waals surface area contributed by atoms with Crippen LogP contribution in [0.3, 0.4) is 0 Å². The number of rotatable bonds is 7. The van der Waals surface area contributed by atoms with Crippen LogP contribution in [-0.2, 0) is 0 Å². The second kappa shape index (κ2) is 14.8. The Labute approximate surface area is 358 Å². The van der Waals surface area contributed by atoms with E-state index in [9.17, 15) is 0 Å². The molecule has 0 radical (unpaired) electrons. The zero-order valence-corrected chi connectivity index (χ0v) is 33.7. The van der Waals surface area contributed by atoms with Gasteiger partial charge in [-0.1, -0.05) is 170 Å². The highest BCUT2D eigenvalue weighted by atomic mass is 16.3. The molecule has 3 aromatic heterocycles. The van der Waals surface area contributed by atoms with E-state index in [1.165, 1.54) is 21.9 Å². The Hall–Kier alpha value is -8.15. The van der Waals surface area contributed by atoms with Crippen molar-refractivity contribution in [3.05, 3.63) is 217 Å². The number of fused-ring (bicyclic) bond motifs is 6. The van der Waals surface area contributed by atoms with Crippen molar-refractivity contribution in [1.82, 2.24) is 19.5 Å². The van der Waals surface area contributed by atoms with E-state index < -0.39 is 0 Å². The van der Waals surface area contributed by atoms with Gasteiger partial charge < -0.3 is 8.98 Å². The van der Waals surface area contributed by atoms with E-state index in [0.29, 0.717) is 18.1 Å². The highest BCUT2D eigenvalue weighted by Gasteiger charge is 2.25. The lowest BCUT2D eigenvalue weighted by atomic mass is 9.92. The quantitative estimate of drug-likeness (QED) is 0.161. The molecule has 62 heavy (non-hydrogen) atoms. The number of furan rings is 1. The van der Waals surface area contributed by atoms with E-state index in [1.54, 1.807) is 0 Å². The minimum absolute atomic E-state index is 0.0763. The van der Waals surface area contributed by atoms with Gasteiger partial charge in [-0.2, -0.15) is 0 Å². The van der Waals surface area contributed by atoms with Gasteiger partial charge in [0.15, 0.2) is 11.6 Å². The van der Waals surface area contributed by atoms with Crippen molar-refractivity contribution in [3.63, 3.8) is 0 Å². The van der Waals surface area contributed by atoms with Crippen LogP contribution < -0.4 is 10.6 Å². The maximum absolute atomic E-state index is 6.25. The molecule has 1 aliphatic rings. The lowest BCUT2D eigenvalue weighted by Crippen LogP contribution is -2.25. The zero-order chi connectivity index (χ0) is 41.0. The molecule has 0 saturated heterocycles. The van der Waals surface area contributed by atoms with E-state index in [2.05, 4.69) is 187 Å². The molecule has 3 heterocycles. The van der Waals surface area contributed by atoms with E-state index in [0.717, 1.165) is 77.5 Å². The average molecular weight is 795 g/mol. The molecular weight excluding hydrogens is 757 g/mol. The van der Waals surface area contributed by atoms with Gasteiger partial charge in [0.25, 0.3) is 0 Å². The van der Waals surface area contributed by atoms with Crippen molar-refractivity contribution < 1.29 is 4.42 Å². The Kier molecular flexibility index (Phi) is 8.56. The number of aromatic nitrogens is 4. The first-order chi connectivity index (χ1) is 30.7. The predicted octanol–water partition coefficient (Wildman–Crippen LogP) is 12.8. The molecular formula is C57H38N4O. The summed E-state index contributed by atoms with van der Waals surface area (Å²) >= 11 is 0. The van der Waals surface area contributed by atoms with Gasteiger partial charge in [-0.05, 0) is 71.1 Å². The minimum atomic E-state index is -0.0763. The topological polar surface area (TPSA) is 56.7 Å². The first-order valence-electron chi connectivity index (χ1n) is 21.1. The summed E-state index contributed by atoms with van der Waals surface area (Å²) in [6.07, 6.45) is 5.16. The van der Waals surface area contributed by atoms with Gasteiger partial charge in [-0.25, -0.2) is 15.0 Å². The van der Waals surface area contributed by atoms with Crippen molar-refractivity contribution in [3.8, 4) is 61.8 Å². The molecule has 8 aromatic carbocycles. The van der Waals surface area contributed by atoms with E-state index >= 15 is 0 Å². The Balaban J connectivity index is 1.13. The normalized spacial score (nSPS) is 13.5. The molecule has 0 bridgehead atoms. The van der Waals surface area contributed by atoms with Crippen LogP contribution in [0, 0.1) is 0 Å². The minimum Gasteiger partial charge on any atom is -0.456 e. The van der Waals surface area contributed by atoms with Gasteiger partial charge in [0, 0.05) is 49.5 Å². The van der Waals surface area contributed by atoms with Crippen molar-refractivity contribution in [2.75, 3.05) is 0 Å². The van der Waals surface area contributed by atoms with Gasteiger partial charge >= 0.3 is 0 Å². The number of hydrogen-bond acceptors (Lipinski definition) is 4. The predicted molar refractivity (Wildman–Crippen MR) is 253 cm³/mol. The molecule has 0 saturated carbocycles.